The molecule has 0 rings (SSSR count). The van der Waals surface area contributed by atoms with Gasteiger partial charge in [-0.3, -0.25) is 5.41 Å². The normalized spacial score (nSPS) is 7.67. The Balaban J connectivity index is 3.26. The summed E-state index contributed by atoms with van der Waals surface area (Å²) in [5.41, 5.74) is 4.79. The van der Waals surface area contributed by atoms with Crippen molar-refractivity contribution in [3.8, 4) is 0 Å². The molecule has 0 saturated carbocycles. The van der Waals surface area contributed by atoms with E-state index in [1.807, 2.05) is 0 Å². The van der Waals surface area contributed by atoms with Gasteiger partial charge in [0, 0.05) is 0 Å². The largest absolute Gasteiger partial charge is 0.369 e. The number of hydrogen-bond donors (Lipinski definition) is 4. The molecule has 0 spiro atoms. The number of rotatable bonds is 0. The highest BCUT2D eigenvalue weighted by atomic mass is 32.2. The molecule has 0 unspecified atom stereocenters. The van der Waals surface area contributed by atoms with E-state index in [0.29, 0.717) is 0 Å². The molecule has 6 heavy (non-hydrogen) atoms. The lowest BCUT2D eigenvalue weighted by Gasteiger charge is -2.01. The molecule has 5 heteroatoms. The van der Waals surface area contributed by atoms with Crippen molar-refractivity contribution in [2.24, 2.45) is 5.73 Å². The van der Waals surface area contributed by atoms with E-state index in [9.17, 15) is 0 Å². The van der Waals surface area contributed by atoms with E-state index in [0.717, 1.165) is 3.71 Å². The third kappa shape index (κ3) is 2.22. The van der Waals surface area contributed by atoms with Gasteiger partial charge in [0.15, 0.2) is 0 Å². The fraction of sp³-hybridized carbons (Fsp3) is 0. The quantitative estimate of drug-likeness (QED) is 0.206. The molecule has 0 amide bonds. The van der Waals surface area contributed by atoms with Crippen molar-refractivity contribution in [1.29, 1.82) is 5.41 Å². The standard InChI is InChI=1S/CH5N3S2/c2-1(3)4(5)6/h5-6H,(H3,2,3). The lowest BCUT2D eigenvalue weighted by molar-refractivity contribution is 1.10. The molecular formula is CH5N3S2. The van der Waals surface area contributed by atoms with Crippen LogP contribution in [0.1, 0.15) is 0 Å². The maximum absolute atomic E-state index is 6.50. The molecule has 0 fully saturated rings. The number of nitrogens with one attached hydrogen (secondary N) is 1. The number of guanidine groups is 1. The fourth-order valence-electron chi connectivity index (χ4n) is 0. The van der Waals surface area contributed by atoms with Crippen LogP contribution in [-0.4, -0.2) is 9.67 Å². The molecule has 36 valence electrons. The van der Waals surface area contributed by atoms with Crippen LogP contribution in [0.15, 0.2) is 0 Å². The molecule has 0 aromatic carbocycles. The Morgan fingerprint density at radius 1 is 1.67 bits per heavy atom. The molecule has 0 aliphatic rings. The summed E-state index contributed by atoms with van der Waals surface area (Å²) < 4.78 is 0.917. The zero-order valence-corrected chi connectivity index (χ0v) is 4.71. The maximum atomic E-state index is 6.50. The van der Waals surface area contributed by atoms with E-state index in [-0.39, 0.29) is 5.96 Å². The molecular weight excluding hydrogens is 118 g/mol. The summed E-state index contributed by atoms with van der Waals surface area (Å²) in [5.74, 6) is -0.179. The lowest BCUT2D eigenvalue weighted by Crippen LogP contribution is -2.20. The predicted molar refractivity (Wildman–Crippen MR) is 31.7 cm³/mol. The first-order chi connectivity index (χ1) is 2.64. The first kappa shape index (κ1) is 5.97. The molecule has 3 nitrogen and oxygen atoms in total. The van der Waals surface area contributed by atoms with Crippen LogP contribution in [0.3, 0.4) is 0 Å². The van der Waals surface area contributed by atoms with Crippen LogP contribution in [0.25, 0.3) is 0 Å². The molecule has 3 N–H and O–H groups in total. The minimum absolute atomic E-state index is 0.179. The fourth-order valence-corrected chi connectivity index (χ4v) is 0. The van der Waals surface area contributed by atoms with Gasteiger partial charge in [0.25, 0.3) is 0 Å². The smallest absolute Gasteiger partial charge is 0.208 e. The summed E-state index contributed by atoms with van der Waals surface area (Å²) in [4.78, 5) is 0. The third-order valence-electron chi connectivity index (χ3n) is 0.215. The van der Waals surface area contributed by atoms with Crippen molar-refractivity contribution >= 4 is 31.6 Å². The van der Waals surface area contributed by atoms with Crippen molar-refractivity contribution in [3.05, 3.63) is 0 Å². The second-order valence-corrected chi connectivity index (χ2v) is 1.79. The summed E-state index contributed by atoms with van der Waals surface area (Å²) in [6.07, 6.45) is 0. The Bertz CT molecular complexity index is 59.8. The Labute approximate surface area is 47.1 Å². The molecule has 0 saturated heterocycles. The number of nitrogens with two attached hydrogens (primary N) is 1. The van der Waals surface area contributed by atoms with Crippen LogP contribution < -0.4 is 5.73 Å². The minimum atomic E-state index is -0.179. The highest BCUT2D eigenvalue weighted by Crippen LogP contribution is 1.91. The highest BCUT2D eigenvalue weighted by Gasteiger charge is 1.86. The third-order valence-corrected chi connectivity index (χ3v) is 0.646. The average molecular weight is 123 g/mol. The van der Waals surface area contributed by atoms with Gasteiger partial charge in [-0.1, -0.05) is 25.6 Å². The zero-order valence-electron chi connectivity index (χ0n) is 2.92. The summed E-state index contributed by atoms with van der Waals surface area (Å²) in [6, 6.07) is 0. The van der Waals surface area contributed by atoms with Gasteiger partial charge in [-0.2, -0.15) is 0 Å². The SMILES string of the molecule is N=C(N)N(S)S. The topological polar surface area (TPSA) is 53.1 Å². The molecule has 0 radical (unpaired) electrons. The highest BCUT2D eigenvalue weighted by molar-refractivity contribution is 7.94. The van der Waals surface area contributed by atoms with Crippen LogP contribution in [0, 0.1) is 5.41 Å². The summed E-state index contributed by atoms with van der Waals surface area (Å²) in [5, 5.41) is 6.50. The number of thiol groups is 2. The van der Waals surface area contributed by atoms with Crippen molar-refractivity contribution in [2.75, 3.05) is 0 Å². The molecule has 0 aromatic heterocycles. The van der Waals surface area contributed by atoms with Crippen molar-refractivity contribution in [2.45, 2.75) is 0 Å². The van der Waals surface area contributed by atoms with E-state index >= 15 is 0 Å². The number of nitrogens with zero attached hydrogens (tertiary/aromatic N) is 1. The van der Waals surface area contributed by atoms with Crippen molar-refractivity contribution in [1.82, 2.24) is 3.71 Å². The van der Waals surface area contributed by atoms with Gasteiger partial charge in [-0.05, 0) is 0 Å². The summed E-state index contributed by atoms with van der Waals surface area (Å²) >= 11 is 7.08. The van der Waals surface area contributed by atoms with Gasteiger partial charge >= 0.3 is 0 Å². The van der Waals surface area contributed by atoms with E-state index in [4.69, 9.17) is 11.1 Å². The van der Waals surface area contributed by atoms with Gasteiger partial charge in [0.2, 0.25) is 5.96 Å². The second-order valence-electron chi connectivity index (χ2n) is 0.675. The zero-order chi connectivity index (χ0) is 5.15. The Morgan fingerprint density at radius 2 is 1.83 bits per heavy atom. The van der Waals surface area contributed by atoms with Gasteiger partial charge in [0.05, 0.1) is 0 Å². The van der Waals surface area contributed by atoms with Crippen LogP contribution in [0.2, 0.25) is 0 Å². The second kappa shape index (κ2) is 2.20. The monoisotopic (exact) mass is 123 g/mol. The number of hydrogen-bond acceptors (Lipinski definition) is 3. The molecule has 0 bridgehead atoms. The van der Waals surface area contributed by atoms with Crippen LogP contribution in [0.4, 0.5) is 0 Å². The average Bonchev–Trinajstić information content (AvgIpc) is 1.36. The Kier molecular flexibility index (Phi) is 2.19. The van der Waals surface area contributed by atoms with E-state index in [2.05, 4.69) is 25.6 Å². The lowest BCUT2D eigenvalue weighted by atomic mass is 11.1. The van der Waals surface area contributed by atoms with E-state index in [1.165, 1.54) is 0 Å². The Morgan fingerprint density at radius 3 is 1.83 bits per heavy atom. The summed E-state index contributed by atoms with van der Waals surface area (Å²) in [7, 11) is 0. The van der Waals surface area contributed by atoms with Gasteiger partial charge in [0.1, 0.15) is 0 Å². The first-order valence-corrected chi connectivity index (χ1v) is 1.96. The Hall–Kier alpha value is -0.0300. The van der Waals surface area contributed by atoms with Gasteiger partial charge in [-0.25, -0.2) is 3.71 Å². The molecule has 0 aliphatic carbocycles. The molecule has 0 atom stereocenters. The van der Waals surface area contributed by atoms with Gasteiger partial charge < -0.3 is 5.73 Å². The molecule has 0 aliphatic heterocycles. The minimum Gasteiger partial charge on any atom is -0.369 e. The van der Waals surface area contributed by atoms with Crippen molar-refractivity contribution in [3.63, 3.8) is 0 Å². The van der Waals surface area contributed by atoms with E-state index < -0.39 is 0 Å². The predicted octanol–water partition coefficient (Wildman–Crippen LogP) is -0.129. The van der Waals surface area contributed by atoms with Crippen LogP contribution >= 0.6 is 25.6 Å². The summed E-state index contributed by atoms with van der Waals surface area (Å²) in [6.45, 7) is 0. The van der Waals surface area contributed by atoms with E-state index in [1.54, 1.807) is 0 Å². The van der Waals surface area contributed by atoms with Crippen LogP contribution in [0.5, 0.6) is 0 Å². The van der Waals surface area contributed by atoms with Crippen molar-refractivity contribution < 1.29 is 0 Å². The molecule has 0 aromatic rings. The molecule has 0 heterocycles. The van der Waals surface area contributed by atoms with Gasteiger partial charge in [-0.15, -0.1) is 0 Å². The first-order valence-electron chi connectivity index (χ1n) is 1.16. The maximum Gasteiger partial charge on any atom is 0.208 e. The van der Waals surface area contributed by atoms with Crippen LogP contribution in [-0.2, 0) is 0 Å².